The van der Waals surface area contributed by atoms with Gasteiger partial charge in [-0.05, 0) is 43.2 Å². The predicted octanol–water partition coefficient (Wildman–Crippen LogP) is 4.45. The Morgan fingerprint density at radius 1 is 1.15 bits per heavy atom. The molecular formula is C26H21N5O3. The van der Waals surface area contributed by atoms with E-state index in [1.165, 1.54) is 17.0 Å². The molecule has 2 aromatic carbocycles. The van der Waals surface area contributed by atoms with E-state index in [9.17, 15) is 14.9 Å². The fourth-order valence-electron chi connectivity index (χ4n) is 3.48. The molecule has 1 amide bonds. The molecular weight excluding hydrogens is 430 g/mol. The van der Waals surface area contributed by atoms with Crippen molar-refractivity contribution in [3.8, 4) is 11.9 Å². The van der Waals surface area contributed by atoms with Crippen LogP contribution in [0.15, 0.2) is 72.4 Å². The summed E-state index contributed by atoms with van der Waals surface area (Å²) >= 11 is 0. The molecule has 0 fully saturated rings. The quantitative estimate of drug-likeness (QED) is 0.263. The van der Waals surface area contributed by atoms with E-state index in [2.05, 4.69) is 15.4 Å². The van der Waals surface area contributed by atoms with Crippen LogP contribution in [0.1, 0.15) is 28.4 Å². The predicted molar refractivity (Wildman–Crippen MR) is 128 cm³/mol. The SMILES string of the molecule is CCOC(=O)c1cnn(-c2cc(C)c3ccccc3n2)c1NC(=O)/C(C#N)=C/c1ccccc1. The Morgan fingerprint density at radius 3 is 2.62 bits per heavy atom. The number of hydrogen-bond acceptors (Lipinski definition) is 6. The summed E-state index contributed by atoms with van der Waals surface area (Å²) < 4.78 is 6.49. The molecule has 0 aliphatic carbocycles. The smallest absolute Gasteiger partial charge is 0.343 e. The number of carbonyl (C=O) groups excluding carboxylic acids is 2. The van der Waals surface area contributed by atoms with Gasteiger partial charge in [-0.3, -0.25) is 4.79 Å². The van der Waals surface area contributed by atoms with E-state index in [-0.39, 0.29) is 23.6 Å². The topological polar surface area (TPSA) is 110 Å². The van der Waals surface area contributed by atoms with Crippen molar-refractivity contribution in [1.29, 1.82) is 5.26 Å². The summed E-state index contributed by atoms with van der Waals surface area (Å²) in [7, 11) is 0. The minimum atomic E-state index is -0.684. The third-order valence-corrected chi connectivity index (χ3v) is 5.10. The minimum absolute atomic E-state index is 0.0554. The number of aryl methyl sites for hydroxylation is 1. The van der Waals surface area contributed by atoms with Crippen molar-refractivity contribution in [3.63, 3.8) is 0 Å². The monoisotopic (exact) mass is 451 g/mol. The lowest BCUT2D eigenvalue weighted by Gasteiger charge is -2.12. The lowest BCUT2D eigenvalue weighted by atomic mass is 10.1. The van der Waals surface area contributed by atoms with Crippen molar-refractivity contribution >= 4 is 34.7 Å². The van der Waals surface area contributed by atoms with Gasteiger partial charge in [0.2, 0.25) is 0 Å². The third kappa shape index (κ3) is 4.54. The summed E-state index contributed by atoms with van der Waals surface area (Å²) in [6.45, 7) is 3.78. The molecule has 2 heterocycles. The first-order chi connectivity index (χ1) is 16.5. The van der Waals surface area contributed by atoms with Crippen LogP contribution in [0.4, 0.5) is 5.82 Å². The van der Waals surface area contributed by atoms with Crippen LogP contribution in [0.5, 0.6) is 0 Å². The number of benzene rings is 2. The van der Waals surface area contributed by atoms with Gasteiger partial charge in [0.1, 0.15) is 17.2 Å². The highest BCUT2D eigenvalue weighted by Gasteiger charge is 2.23. The number of pyridine rings is 1. The van der Waals surface area contributed by atoms with Gasteiger partial charge in [-0.1, -0.05) is 48.5 Å². The molecule has 34 heavy (non-hydrogen) atoms. The molecule has 0 saturated carbocycles. The van der Waals surface area contributed by atoms with Crippen molar-refractivity contribution in [2.75, 3.05) is 11.9 Å². The van der Waals surface area contributed by atoms with Crippen LogP contribution in [0.2, 0.25) is 0 Å². The number of ether oxygens (including phenoxy) is 1. The van der Waals surface area contributed by atoms with Crippen LogP contribution >= 0.6 is 0 Å². The van der Waals surface area contributed by atoms with Gasteiger partial charge in [-0.2, -0.15) is 15.0 Å². The number of fused-ring (bicyclic) bond motifs is 1. The molecule has 168 valence electrons. The first-order valence-corrected chi connectivity index (χ1v) is 10.6. The molecule has 0 atom stereocenters. The van der Waals surface area contributed by atoms with Crippen LogP contribution in [0.3, 0.4) is 0 Å². The van der Waals surface area contributed by atoms with E-state index in [4.69, 9.17) is 4.74 Å². The molecule has 0 aliphatic rings. The number of esters is 1. The summed E-state index contributed by atoms with van der Waals surface area (Å²) in [5, 5.41) is 17.5. The molecule has 8 heteroatoms. The number of nitrogens with zero attached hydrogens (tertiary/aromatic N) is 4. The first-order valence-electron chi connectivity index (χ1n) is 10.6. The van der Waals surface area contributed by atoms with E-state index in [1.807, 2.05) is 49.4 Å². The van der Waals surface area contributed by atoms with Gasteiger partial charge in [0, 0.05) is 5.39 Å². The minimum Gasteiger partial charge on any atom is -0.462 e. The Bertz CT molecular complexity index is 1450. The van der Waals surface area contributed by atoms with E-state index in [1.54, 1.807) is 31.2 Å². The van der Waals surface area contributed by atoms with Gasteiger partial charge >= 0.3 is 5.97 Å². The largest absolute Gasteiger partial charge is 0.462 e. The lowest BCUT2D eigenvalue weighted by molar-refractivity contribution is -0.112. The molecule has 1 N–H and O–H groups in total. The molecule has 0 spiro atoms. The number of amides is 1. The number of anilines is 1. The Hall–Kier alpha value is -4.77. The molecule has 4 rings (SSSR count). The standard InChI is InChI=1S/C26H21N5O3/c1-3-34-26(33)21-16-28-31(23-13-17(2)20-11-7-8-12-22(20)29-23)24(21)30-25(32)19(15-27)14-18-9-5-4-6-10-18/h4-14,16H,3H2,1-2H3,(H,30,32)/b19-14+. The molecule has 2 aromatic heterocycles. The van der Waals surface area contributed by atoms with Gasteiger partial charge in [-0.25, -0.2) is 9.78 Å². The Labute approximate surface area is 196 Å². The first kappa shape index (κ1) is 22.4. The maximum absolute atomic E-state index is 13.0. The van der Waals surface area contributed by atoms with Crippen LogP contribution < -0.4 is 5.32 Å². The number of carbonyl (C=O) groups is 2. The highest BCUT2D eigenvalue weighted by atomic mass is 16.5. The second-order valence-corrected chi connectivity index (χ2v) is 7.39. The fourth-order valence-corrected chi connectivity index (χ4v) is 3.48. The van der Waals surface area contributed by atoms with Crippen LogP contribution in [0.25, 0.3) is 22.8 Å². The highest BCUT2D eigenvalue weighted by Crippen LogP contribution is 2.25. The average molecular weight is 451 g/mol. The zero-order chi connectivity index (χ0) is 24.1. The Morgan fingerprint density at radius 2 is 1.88 bits per heavy atom. The number of nitrogens with one attached hydrogen (secondary N) is 1. The van der Waals surface area contributed by atoms with E-state index >= 15 is 0 Å². The second kappa shape index (κ2) is 9.79. The van der Waals surface area contributed by atoms with Crippen molar-refractivity contribution < 1.29 is 14.3 Å². The molecule has 0 aliphatic heterocycles. The number of hydrogen-bond donors (Lipinski definition) is 1. The molecule has 0 unspecified atom stereocenters. The summed E-state index contributed by atoms with van der Waals surface area (Å²) in [6, 6.07) is 20.4. The average Bonchev–Trinajstić information content (AvgIpc) is 3.26. The van der Waals surface area contributed by atoms with Gasteiger partial charge < -0.3 is 10.1 Å². The normalized spacial score (nSPS) is 11.1. The van der Waals surface area contributed by atoms with Crippen molar-refractivity contribution in [2.45, 2.75) is 13.8 Å². The highest BCUT2D eigenvalue weighted by molar-refractivity contribution is 6.11. The number of aromatic nitrogens is 3. The lowest BCUT2D eigenvalue weighted by Crippen LogP contribution is -2.19. The van der Waals surface area contributed by atoms with Gasteiger partial charge in [0.25, 0.3) is 5.91 Å². The summed E-state index contributed by atoms with van der Waals surface area (Å²) in [5.74, 6) is -0.851. The zero-order valence-corrected chi connectivity index (χ0v) is 18.6. The summed E-state index contributed by atoms with van der Waals surface area (Å²) in [4.78, 5) is 30.2. The second-order valence-electron chi connectivity index (χ2n) is 7.39. The van der Waals surface area contributed by atoms with Gasteiger partial charge in [-0.15, -0.1) is 0 Å². The Balaban J connectivity index is 1.79. The maximum atomic E-state index is 13.0. The zero-order valence-electron chi connectivity index (χ0n) is 18.6. The molecule has 8 nitrogen and oxygen atoms in total. The molecule has 0 radical (unpaired) electrons. The van der Waals surface area contributed by atoms with Crippen molar-refractivity contribution in [1.82, 2.24) is 14.8 Å². The van der Waals surface area contributed by atoms with E-state index in [0.29, 0.717) is 11.4 Å². The fraction of sp³-hybridized carbons (Fsp3) is 0.115. The third-order valence-electron chi connectivity index (χ3n) is 5.10. The summed E-state index contributed by atoms with van der Waals surface area (Å²) in [5.41, 5.74) is 2.31. The maximum Gasteiger partial charge on any atom is 0.343 e. The van der Waals surface area contributed by atoms with Crippen LogP contribution in [0, 0.1) is 18.3 Å². The number of para-hydroxylation sites is 1. The van der Waals surface area contributed by atoms with Gasteiger partial charge in [0.15, 0.2) is 11.6 Å². The van der Waals surface area contributed by atoms with Crippen molar-refractivity contribution in [2.24, 2.45) is 0 Å². The molecule has 0 bridgehead atoms. The number of rotatable bonds is 6. The Kier molecular flexibility index (Phi) is 6.46. The van der Waals surface area contributed by atoms with E-state index in [0.717, 1.165) is 16.5 Å². The van der Waals surface area contributed by atoms with Gasteiger partial charge in [0.05, 0.1) is 18.3 Å². The van der Waals surface area contributed by atoms with Crippen molar-refractivity contribution in [3.05, 3.63) is 89.1 Å². The van der Waals surface area contributed by atoms with E-state index < -0.39 is 11.9 Å². The van der Waals surface area contributed by atoms with Crippen LogP contribution in [-0.4, -0.2) is 33.2 Å². The van der Waals surface area contributed by atoms with Crippen LogP contribution in [-0.2, 0) is 9.53 Å². The molecule has 0 saturated heterocycles. The summed E-state index contributed by atoms with van der Waals surface area (Å²) in [6.07, 6.45) is 2.78. The molecule has 4 aromatic rings. The number of nitriles is 1.